The molecule has 5 heteroatoms. The number of rotatable bonds is 3. The van der Waals surface area contributed by atoms with Crippen LogP contribution in [-0.2, 0) is 0 Å². The molecule has 0 bridgehead atoms. The first-order valence-corrected chi connectivity index (χ1v) is 4.95. The van der Waals surface area contributed by atoms with Crippen LogP contribution in [0.2, 0.25) is 0 Å². The Balaban J connectivity index is 2.46. The summed E-state index contributed by atoms with van der Waals surface area (Å²) in [6, 6.07) is 5.13. The predicted molar refractivity (Wildman–Crippen MR) is 57.6 cm³/mol. The Labute approximate surface area is 91.7 Å². The summed E-state index contributed by atoms with van der Waals surface area (Å²) < 4.78 is 27.7. The monoisotopic (exact) mass is 223 g/mol. The Hall–Kier alpha value is -1.91. The zero-order chi connectivity index (χ0) is 11.5. The van der Waals surface area contributed by atoms with E-state index in [0.717, 1.165) is 6.07 Å². The second-order valence-electron chi connectivity index (χ2n) is 3.25. The number of nitrogens with zero attached hydrogens (tertiary/aromatic N) is 2. The van der Waals surface area contributed by atoms with Gasteiger partial charge in [0.15, 0.2) is 5.82 Å². The Morgan fingerprint density at radius 3 is 2.81 bits per heavy atom. The first-order chi connectivity index (χ1) is 7.72. The minimum Gasteiger partial charge on any atom is -0.370 e. The van der Waals surface area contributed by atoms with E-state index in [1.165, 1.54) is 16.8 Å². The molecule has 0 saturated heterocycles. The summed E-state index contributed by atoms with van der Waals surface area (Å²) in [7, 11) is 0. The van der Waals surface area contributed by atoms with Crippen LogP contribution in [0.1, 0.15) is 6.92 Å². The van der Waals surface area contributed by atoms with Crippen molar-refractivity contribution in [2.24, 2.45) is 0 Å². The maximum atomic E-state index is 13.5. The molecule has 0 radical (unpaired) electrons. The van der Waals surface area contributed by atoms with E-state index in [0.29, 0.717) is 12.4 Å². The molecule has 3 nitrogen and oxygen atoms in total. The van der Waals surface area contributed by atoms with Crippen LogP contribution >= 0.6 is 0 Å². The summed E-state index contributed by atoms with van der Waals surface area (Å²) in [6.45, 7) is 2.63. The van der Waals surface area contributed by atoms with Gasteiger partial charge in [-0.15, -0.1) is 0 Å². The summed E-state index contributed by atoms with van der Waals surface area (Å²) in [5.41, 5.74) is 0.224. The van der Waals surface area contributed by atoms with Gasteiger partial charge in [-0.3, -0.25) is 0 Å². The van der Waals surface area contributed by atoms with Crippen molar-refractivity contribution in [3.05, 3.63) is 42.1 Å². The molecule has 0 aliphatic carbocycles. The molecular formula is C11H11F2N3. The molecule has 0 aliphatic rings. The van der Waals surface area contributed by atoms with E-state index in [4.69, 9.17) is 0 Å². The van der Waals surface area contributed by atoms with Crippen LogP contribution in [0.4, 0.5) is 14.6 Å². The lowest BCUT2D eigenvalue weighted by atomic mass is 10.3. The van der Waals surface area contributed by atoms with Crippen molar-refractivity contribution in [3.8, 4) is 5.69 Å². The van der Waals surface area contributed by atoms with Gasteiger partial charge in [0.1, 0.15) is 17.3 Å². The molecule has 1 heterocycles. The predicted octanol–water partition coefficient (Wildman–Crippen LogP) is 2.58. The van der Waals surface area contributed by atoms with Gasteiger partial charge in [0.05, 0.1) is 6.20 Å². The van der Waals surface area contributed by atoms with Gasteiger partial charge in [0.25, 0.3) is 0 Å². The van der Waals surface area contributed by atoms with E-state index < -0.39 is 11.6 Å². The molecule has 0 spiro atoms. The minimum atomic E-state index is -0.636. The Morgan fingerprint density at radius 2 is 2.12 bits per heavy atom. The molecule has 0 unspecified atom stereocenters. The molecule has 0 saturated carbocycles. The van der Waals surface area contributed by atoms with Crippen LogP contribution < -0.4 is 5.32 Å². The van der Waals surface area contributed by atoms with Gasteiger partial charge in [-0.25, -0.2) is 13.5 Å². The van der Waals surface area contributed by atoms with Gasteiger partial charge >= 0.3 is 0 Å². The Morgan fingerprint density at radius 1 is 1.31 bits per heavy atom. The van der Waals surface area contributed by atoms with E-state index in [9.17, 15) is 8.78 Å². The van der Waals surface area contributed by atoms with E-state index in [2.05, 4.69) is 10.4 Å². The highest BCUT2D eigenvalue weighted by Gasteiger charge is 2.09. The smallest absolute Gasteiger partial charge is 0.151 e. The summed E-state index contributed by atoms with van der Waals surface area (Å²) in [4.78, 5) is 0. The molecule has 0 amide bonds. The standard InChI is InChI=1S/C11H11F2N3/c1-2-14-11-5-6-15-16(11)10-4-3-8(12)7-9(10)13/h3-7,14H,2H2,1H3. The highest BCUT2D eigenvalue weighted by molar-refractivity contribution is 5.45. The molecule has 84 valence electrons. The van der Waals surface area contributed by atoms with Gasteiger partial charge < -0.3 is 5.32 Å². The van der Waals surface area contributed by atoms with Crippen molar-refractivity contribution in [1.29, 1.82) is 0 Å². The van der Waals surface area contributed by atoms with Gasteiger partial charge in [-0.1, -0.05) is 0 Å². The third-order valence-electron chi connectivity index (χ3n) is 2.14. The normalized spacial score (nSPS) is 10.4. The van der Waals surface area contributed by atoms with Crippen molar-refractivity contribution in [2.45, 2.75) is 6.92 Å². The average molecular weight is 223 g/mol. The lowest BCUT2D eigenvalue weighted by molar-refractivity contribution is 0.574. The fraction of sp³-hybridized carbons (Fsp3) is 0.182. The number of hydrogen-bond donors (Lipinski definition) is 1. The Bertz CT molecular complexity index is 494. The van der Waals surface area contributed by atoms with Gasteiger partial charge in [-0.05, 0) is 19.1 Å². The highest BCUT2D eigenvalue weighted by atomic mass is 19.1. The molecule has 0 aliphatic heterocycles. The Kier molecular flexibility index (Phi) is 2.85. The van der Waals surface area contributed by atoms with E-state index >= 15 is 0 Å². The number of hydrogen-bond acceptors (Lipinski definition) is 2. The number of aromatic nitrogens is 2. The number of benzene rings is 1. The fourth-order valence-corrected chi connectivity index (χ4v) is 1.46. The molecule has 1 N–H and O–H groups in total. The number of nitrogens with one attached hydrogen (secondary N) is 1. The lowest BCUT2D eigenvalue weighted by Crippen LogP contribution is -2.07. The van der Waals surface area contributed by atoms with Crippen LogP contribution in [-0.4, -0.2) is 16.3 Å². The first kappa shape index (κ1) is 10.6. The van der Waals surface area contributed by atoms with Gasteiger partial charge in [0, 0.05) is 18.7 Å². The summed E-state index contributed by atoms with van der Waals surface area (Å²) in [6.07, 6.45) is 1.56. The van der Waals surface area contributed by atoms with E-state index in [-0.39, 0.29) is 5.69 Å². The molecule has 2 rings (SSSR count). The first-order valence-electron chi connectivity index (χ1n) is 4.95. The largest absolute Gasteiger partial charge is 0.370 e. The van der Waals surface area contributed by atoms with Crippen molar-refractivity contribution < 1.29 is 8.78 Å². The molecule has 1 aromatic carbocycles. The molecule has 2 aromatic rings. The highest BCUT2D eigenvalue weighted by Crippen LogP contribution is 2.18. The van der Waals surface area contributed by atoms with Crippen LogP contribution in [0.25, 0.3) is 5.69 Å². The molecular weight excluding hydrogens is 212 g/mol. The SMILES string of the molecule is CCNc1ccnn1-c1ccc(F)cc1F. The summed E-state index contributed by atoms with van der Waals surface area (Å²) in [5, 5.41) is 7.02. The van der Waals surface area contributed by atoms with Crippen LogP contribution in [0.5, 0.6) is 0 Å². The van der Waals surface area contributed by atoms with Crippen LogP contribution in [0.3, 0.4) is 0 Å². The van der Waals surface area contributed by atoms with Crippen molar-refractivity contribution in [3.63, 3.8) is 0 Å². The zero-order valence-electron chi connectivity index (χ0n) is 8.74. The molecule has 1 aromatic heterocycles. The second-order valence-corrected chi connectivity index (χ2v) is 3.25. The maximum absolute atomic E-state index is 13.5. The topological polar surface area (TPSA) is 29.9 Å². The van der Waals surface area contributed by atoms with E-state index in [1.54, 1.807) is 12.3 Å². The van der Waals surface area contributed by atoms with Crippen LogP contribution in [0, 0.1) is 11.6 Å². The van der Waals surface area contributed by atoms with Gasteiger partial charge in [0.2, 0.25) is 0 Å². The third-order valence-corrected chi connectivity index (χ3v) is 2.14. The number of halogens is 2. The quantitative estimate of drug-likeness (QED) is 0.866. The molecule has 16 heavy (non-hydrogen) atoms. The molecule has 0 fully saturated rings. The lowest BCUT2D eigenvalue weighted by Gasteiger charge is -2.08. The summed E-state index contributed by atoms with van der Waals surface area (Å²) in [5.74, 6) is -0.561. The van der Waals surface area contributed by atoms with Crippen molar-refractivity contribution in [1.82, 2.24) is 9.78 Å². The second kappa shape index (κ2) is 4.30. The average Bonchev–Trinajstić information content (AvgIpc) is 2.67. The fourth-order valence-electron chi connectivity index (χ4n) is 1.46. The zero-order valence-corrected chi connectivity index (χ0v) is 8.74. The van der Waals surface area contributed by atoms with Crippen molar-refractivity contribution >= 4 is 5.82 Å². The van der Waals surface area contributed by atoms with E-state index in [1.807, 2.05) is 6.92 Å². The molecule has 0 atom stereocenters. The van der Waals surface area contributed by atoms with Crippen molar-refractivity contribution in [2.75, 3.05) is 11.9 Å². The maximum Gasteiger partial charge on any atom is 0.151 e. The van der Waals surface area contributed by atoms with Crippen LogP contribution in [0.15, 0.2) is 30.5 Å². The number of anilines is 1. The third kappa shape index (κ3) is 1.88. The summed E-state index contributed by atoms with van der Waals surface area (Å²) >= 11 is 0. The minimum absolute atomic E-state index is 0.224. The van der Waals surface area contributed by atoms with Gasteiger partial charge in [-0.2, -0.15) is 5.10 Å².